The number of esters is 1. The Kier molecular flexibility index (Phi) is 6.44. The van der Waals surface area contributed by atoms with Gasteiger partial charge in [-0.2, -0.15) is 0 Å². The number of benzene rings is 1. The summed E-state index contributed by atoms with van der Waals surface area (Å²) < 4.78 is 5.06. The van der Waals surface area contributed by atoms with Gasteiger partial charge in [0.05, 0.1) is 12.2 Å². The summed E-state index contributed by atoms with van der Waals surface area (Å²) in [5.41, 5.74) is 3.18. The summed E-state index contributed by atoms with van der Waals surface area (Å²) in [6, 6.07) is 10.1. The van der Waals surface area contributed by atoms with E-state index in [0.29, 0.717) is 35.7 Å². The lowest BCUT2D eigenvalue weighted by Gasteiger charge is -2.27. The van der Waals surface area contributed by atoms with Crippen LogP contribution in [0.3, 0.4) is 0 Å². The third-order valence-corrected chi connectivity index (χ3v) is 4.53. The fraction of sp³-hybridized carbons (Fsp3) is 0.400. The second kappa shape index (κ2) is 8.56. The molecule has 0 saturated heterocycles. The molecule has 0 bridgehead atoms. The Morgan fingerprint density at radius 3 is 2.50 bits per heavy atom. The second-order valence-corrected chi connectivity index (χ2v) is 6.35. The van der Waals surface area contributed by atoms with Gasteiger partial charge in [0, 0.05) is 31.0 Å². The van der Waals surface area contributed by atoms with Gasteiger partial charge in [0.15, 0.2) is 0 Å². The molecule has 2 N–H and O–H groups in total. The van der Waals surface area contributed by atoms with Crippen LogP contribution in [0.15, 0.2) is 30.3 Å². The molecule has 1 aromatic carbocycles. The number of hydrogen-bond acceptors (Lipinski definition) is 4. The predicted molar refractivity (Wildman–Crippen MR) is 103 cm³/mol. The summed E-state index contributed by atoms with van der Waals surface area (Å²) in [4.78, 5) is 29.7. The maximum atomic E-state index is 12.6. The minimum atomic E-state index is -0.407. The minimum Gasteiger partial charge on any atom is -0.462 e. The molecule has 0 aliphatic heterocycles. The van der Waals surface area contributed by atoms with Crippen molar-refractivity contribution in [2.24, 2.45) is 0 Å². The standard InChI is InChI=1S/C20H27N3O3/c1-6-26-20(25)17-14(3)18(22-15(17)4)19(24)21-12-13(2)23(5)16-10-8-7-9-11-16/h7-11,13,22H,6,12H2,1-5H3,(H,21,24). The number of para-hydroxylation sites is 1. The molecule has 1 heterocycles. The van der Waals surface area contributed by atoms with Gasteiger partial charge in [-0.25, -0.2) is 4.79 Å². The molecule has 140 valence electrons. The van der Waals surface area contributed by atoms with Crippen molar-refractivity contribution in [2.45, 2.75) is 33.7 Å². The van der Waals surface area contributed by atoms with Gasteiger partial charge in [-0.05, 0) is 45.4 Å². The van der Waals surface area contributed by atoms with Crippen molar-refractivity contribution in [3.63, 3.8) is 0 Å². The number of aryl methyl sites for hydroxylation is 1. The number of nitrogens with one attached hydrogen (secondary N) is 2. The van der Waals surface area contributed by atoms with Crippen LogP contribution >= 0.6 is 0 Å². The second-order valence-electron chi connectivity index (χ2n) is 6.35. The van der Waals surface area contributed by atoms with Gasteiger partial charge in [-0.3, -0.25) is 4.79 Å². The first kappa shape index (κ1) is 19.6. The van der Waals surface area contributed by atoms with E-state index in [0.717, 1.165) is 5.69 Å². The molecule has 0 spiro atoms. The topological polar surface area (TPSA) is 74.4 Å². The van der Waals surface area contributed by atoms with Crippen LogP contribution < -0.4 is 10.2 Å². The summed E-state index contributed by atoms with van der Waals surface area (Å²) in [6.07, 6.45) is 0. The Morgan fingerprint density at radius 1 is 1.23 bits per heavy atom. The van der Waals surface area contributed by atoms with Crippen molar-refractivity contribution in [2.75, 3.05) is 25.1 Å². The minimum absolute atomic E-state index is 0.113. The molecule has 0 radical (unpaired) electrons. The van der Waals surface area contributed by atoms with Gasteiger partial charge in [0.1, 0.15) is 5.69 Å². The maximum Gasteiger partial charge on any atom is 0.340 e. The van der Waals surface area contributed by atoms with Crippen LogP contribution in [-0.4, -0.2) is 43.1 Å². The van der Waals surface area contributed by atoms with Crippen LogP contribution in [0.2, 0.25) is 0 Å². The quantitative estimate of drug-likeness (QED) is 0.747. The fourth-order valence-corrected chi connectivity index (χ4v) is 2.87. The third-order valence-electron chi connectivity index (χ3n) is 4.53. The molecule has 0 aliphatic rings. The molecule has 0 saturated carbocycles. The summed E-state index contributed by atoms with van der Waals surface area (Å²) in [5.74, 6) is -0.635. The highest BCUT2D eigenvalue weighted by Crippen LogP contribution is 2.19. The van der Waals surface area contributed by atoms with Crippen LogP contribution in [0.1, 0.15) is 46.0 Å². The van der Waals surface area contributed by atoms with Crippen molar-refractivity contribution in [1.29, 1.82) is 0 Å². The average molecular weight is 357 g/mol. The number of aromatic amines is 1. The van der Waals surface area contributed by atoms with Crippen molar-refractivity contribution in [3.8, 4) is 0 Å². The van der Waals surface area contributed by atoms with E-state index in [1.165, 1.54) is 0 Å². The number of hydrogen-bond donors (Lipinski definition) is 2. The highest BCUT2D eigenvalue weighted by atomic mass is 16.5. The van der Waals surface area contributed by atoms with Crippen molar-refractivity contribution >= 4 is 17.6 Å². The van der Waals surface area contributed by atoms with Crippen LogP contribution in [0, 0.1) is 13.8 Å². The van der Waals surface area contributed by atoms with Crippen molar-refractivity contribution in [3.05, 3.63) is 52.8 Å². The first-order valence-corrected chi connectivity index (χ1v) is 8.79. The SMILES string of the molecule is CCOC(=O)c1c(C)[nH]c(C(=O)NCC(C)N(C)c2ccccc2)c1C. The number of ether oxygens (including phenoxy) is 1. The summed E-state index contributed by atoms with van der Waals surface area (Å²) >= 11 is 0. The van der Waals surface area contributed by atoms with E-state index in [2.05, 4.69) is 15.2 Å². The van der Waals surface area contributed by atoms with Crippen LogP contribution in [-0.2, 0) is 4.74 Å². The number of aromatic nitrogens is 1. The van der Waals surface area contributed by atoms with Gasteiger partial charge in [0.25, 0.3) is 5.91 Å². The molecule has 1 atom stereocenters. The van der Waals surface area contributed by atoms with Crippen LogP contribution in [0.25, 0.3) is 0 Å². The summed E-state index contributed by atoms with van der Waals surface area (Å²) in [6.45, 7) is 8.11. The number of likely N-dealkylation sites (N-methyl/N-ethyl adjacent to an activating group) is 1. The Morgan fingerprint density at radius 2 is 1.88 bits per heavy atom. The molecule has 2 aromatic rings. The van der Waals surface area contributed by atoms with Gasteiger partial charge in [0.2, 0.25) is 0 Å². The van der Waals surface area contributed by atoms with E-state index in [4.69, 9.17) is 4.74 Å². The Balaban J connectivity index is 2.04. The molecular formula is C20H27N3O3. The first-order valence-electron chi connectivity index (χ1n) is 8.79. The number of carbonyl (C=O) groups excluding carboxylic acids is 2. The molecule has 1 amide bonds. The van der Waals surface area contributed by atoms with Gasteiger partial charge in [-0.15, -0.1) is 0 Å². The monoisotopic (exact) mass is 357 g/mol. The highest BCUT2D eigenvalue weighted by molar-refractivity contribution is 6.00. The van der Waals surface area contributed by atoms with E-state index >= 15 is 0 Å². The van der Waals surface area contributed by atoms with E-state index in [-0.39, 0.29) is 11.9 Å². The van der Waals surface area contributed by atoms with Crippen LogP contribution in [0.5, 0.6) is 0 Å². The smallest absolute Gasteiger partial charge is 0.340 e. The molecule has 2 rings (SSSR count). The van der Waals surface area contributed by atoms with Crippen molar-refractivity contribution in [1.82, 2.24) is 10.3 Å². The Hall–Kier alpha value is -2.76. The lowest BCUT2D eigenvalue weighted by molar-refractivity contribution is 0.0525. The van der Waals surface area contributed by atoms with E-state index < -0.39 is 5.97 Å². The summed E-state index contributed by atoms with van der Waals surface area (Å²) in [5, 5.41) is 2.94. The molecule has 0 fully saturated rings. The zero-order valence-electron chi connectivity index (χ0n) is 16.1. The number of anilines is 1. The summed E-state index contributed by atoms with van der Waals surface area (Å²) in [7, 11) is 2.00. The van der Waals surface area contributed by atoms with E-state index in [1.54, 1.807) is 20.8 Å². The van der Waals surface area contributed by atoms with Crippen molar-refractivity contribution < 1.29 is 14.3 Å². The lowest BCUT2D eigenvalue weighted by atomic mass is 10.1. The Bertz CT molecular complexity index is 768. The Labute approximate surface area is 154 Å². The molecular weight excluding hydrogens is 330 g/mol. The lowest BCUT2D eigenvalue weighted by Crippen LogP contribution is -2.40. The number of H-pyrrole nitrogens is 1. The number of rotatable bonds is 7. The van der Waals surface area contributed by atoms with Crippen LogP contribution in [0.4, 0.5) is 5.69 Å². The molecule has 6 nitrogen and oxygen atoms in total. The van der Waals surface area contributed by atoms with E-state index in [9.17, 15) is 9.59 Å². The van der Waals surface area contributed by atoms with Gasteiger partial charge < -0.3 is 19.9 Å². The molecule has 6 heteroatoms. The number of carbonyl (C=O) groups is 2. The normalized spacial score (nSPS) is 11.7. The molecule has 26 heavy (non-hydrogen) atoms. The zero-order valence-corrected chi connectivity index (χ0v) is 16.1. The largest absolute Gasteiger partial charge is 0.462 e. The number of nitrogens with zero attached hydrogens (tertiary/aromatic N) is 1. The van der Waals surface area contributed by atoms with Gasteiger partial charge in [-0.1, -0.05) is 18.2 Å². The highest BCUT2D eigenvalue weighted by Gasteiger charge is 2.23. The average Bonchev–Trinajstić information content (AvgIpc) is 2.94. The fourth-order valence-electron chi connectivity index (χ4n) is 2.87. The molecule has 1 aromatic heterocycles. The first-order chi connectivity index (χ1) is 12.4. The molecule has 0 aliphatic carbocycles. The van der Waals surface area contributed by atoms with Gasteiger partial charge >= 0.3 is 5.97 Å². The molecule has 1 unspecified atom stereocenters. The predicted octanol–water partition coefficient (Wildman–Crippen LogP) is 3.06. The maximum absolute atomic E-state index is 12.6. The number of amides is 1. The van der Waals surface area contributed by atoms with E-state index in [1.807, 2.05) is 44.3 Å². The zero-order chi connectivity index (χ0) is 19.3. The third kappa shape index (κ3) is 4.25.